The number of para-hydroxylation sites is 1. The van der Waals surface area contributed by atoms with Crippen molar-refractivity contribution in [2.45, 2.75) is 46.2 Å². The van der Waals surface area contributed by atoms with Gasteiger partial charge in [0.25, 0.3) is 5.91 Å². The predicted octanol–water partition coefficient (Wildman–Crippen LogP) is 4.44. The third-order valence-corrected chi connectivity index (χ3v) is 7.23. The summed E-state index contributed by atoms with van der Waals surface area (Å²) in [7, 11) is 0. The van der Waals surface area contributed by atoms with Crippen LogP contribution in [0.2, 0.25) is 0 Å². The maximum atomic E-state index is 13.7. The highest BCUT2D eigenvalue weighted by atomic mass is 16.2. The summed E-state index contributed by atoms with van der Waals surface area (Å²) in [6.45, 7) is 12.0. The number of anilines is 1. The van der Waals surface area contributed by atoms with E-state index >= 15 is 0 Å². The van der Waals surface area contributed by atoms with E-state index in [4.69, 9.17) is 5.10 Å². The number of likely N-dealkylation sites (N-methyl/N-ethyl adjacent to an activating group) is 1. The summed E-state index contributed by atoms with van der Waals surface area (Å²) in [5, 5.41) is 5.00. The van der Waals surface area contributed by atoms with Crippen LogP contribution in [0.25, 0.3) is 5.69 Å². The normalized spacial score (nSPS) is 16.6. The van der Waals surface area contributed by atoms with Gasteiger partial charge in [-0.25, -0.2) is 4.68 Å². The molecule has 1 aliphatic carbocycles. The van der Waals surface area contributed by atoms with Gasteiger partial charge in [-0.15, -0.1) is 0 Å². The van der Waals surface area contributed by atoms with E-state index in [1.807, 2.05) is 37.3 Å². The fourth-order valence-electron chi connectivity index (χ4n) is 4.97. The molecular weight excluding hydrogens is 422 g/mol. The van der Waals surface area contributed by atoms with Crippen molar-refractivity contribution >= 4 is 11.7 Å². The van der Waals surface area contributed by atoms with Crippen molar-refractivity contribution in [1.82, 2.24) is 19.6 Å². The summed E-state index contributed by atoms with van der Waals surface area (Å²) in [6.07, 6.45) is 2.15. The van der Waals surface area contributed by atoms with Gasteiger partial charge >= 0.3 is 0 Å². The van der Waals surface area contributed by atoms with E-state index < -0.39 is 0 Å². The highest BCUT2D eigenvalue weighted by Crippen LogP contribution is 2.35. The number of benzene rings is 2. The van der Waals surface area contributed by atoms with Gasteiger partial charge in [-0.1, -0.05) is 43.3 Å². The second-order valence-corrected chi connectivity index (χ2v) is 9.54. The van der Waals surface area contributed by atoms with Crippen LogP contribution in [0.3, 0.4) is 0 Å². The van der Waals surface area contributed by atoms with Gasteiger partial charge in [0.15, 0.2) is 0 Å². The van der Waals surface area contributed by atoms with E-state index in [1.165, 1.54) is 5.56 Å². The molecule has 1 amide bonds. The standard InChI is InChI=1S/C28H35N5O/c1-4-30-16-18-31(19-17-30)27-26(22(3)29-33(27)24-11-6-5-7-12-24)20-32(23-14-15-23)28(34)25-13-9-8-10-21(25)2/h5-13,23H,4,14-20H2,1-3H3. The zero-order valence-electron chi connectivity index (χ0n) is 20.6. The maximum Gasteiger partial charge on any atom is 0.254 e. The Morgan fingerprint density at radius 1 is 0.971 bits per heavy atom. The minimum atomic E-state index is 0.134. The summed E-state index contributed by atoms with van der Waals surface area (Å²) in [5.41, 5.74) is 5.07. The average Bonchev–Trinajstić information content (AvgIpc) is 3.66. The van der Waals surface area contributed by atoms with Crippen LogP contribution in [0.1, 0.15) is 46.9 Å². The molecule has 6 nitrogen and oxygen atoms in total. The van der Waals surface area contributed by atoms with Crippen molar-refractivity contribution in [1.29, 1.82) is 0 Å². The predicted molar refractivity (Wildman–Crippen MR) is 137 cm³/mol. The van der Waals surface area contributed by atoms with E-state index in [0.29, 0.717) is 12.6 Å². The van der Waals surface area contributed by atoms with Gasteiger partial charge in [-0.3, -0.25) is 4.79 Å². The number of rotatable bonds is 7. The van der Waals surface area contributed by atoms with E-state index in [1.54, 1.807) is 0 Å². The van der Waals surface area contributed by atoms with Gasteiger partial charge in [0, 0.05) is 43.3 Å². The van der Waals surface area contributed by atoms with Crippen LogP contribution >= 0.6 is 0 Å². The number of amides is 1. The molecule has 0 atom stereocenters. The van der Waals surface area contributed by atoms with Gasteiger partial charge in [-0.05, 0) is 57.0 Å². The first-order chi connectivity index (χ1) is 16.6. The molecule has 0 radical (unpaired) electrons. The third kappa shape index (κ3) is 4.47. The Morgan fingerprint density at radius 2 is 1.65 bits per heavy atom. The van der Waals surface area contributed by atoms with Crippen LogP contribution in [0, 0.1) is 13.8 Å². The lowest BCUT2D eigenvalue weighted by Gasteiger charge is -2.36. The Kier molecular flexibility index (Phi) is 6.42. The van der Waals surface area contributed by atoms with Crippen LogP contribution in [-0.4, -0.2) is 64.3 Å². The Morgan fingerprint density at radius 3 is 2.29 bits per heavy atom. The topological polar surface area (TPSA) is 44.6 Å². The average molecular weight is 458 g/mol. The molecule has 2 aromatic carbocycles. The van der Waals surface area contributed by atoms with Crippen LogP contribution in [0.15, 0.2) is 54.6 Å². The van der Waals surface area contributed by atoms with Gasteiger partial charge in [-0.2, -0.15) is 5.10 Å². The Hall–Kier alpha value is -3.12. The van der Waals surface area contributed by atoms with Gasteiger partial charge in [0.05, 0.1) is 17.9 Å². The lowest BCUT2D eigenvalue weighted by atomic mass is 10.1. The molecule has 178 valence electrons. The van der Waals surface area contributed by atoms with E-state index in [-0.39, 0.29) is 5.91 Å². The quantitative estimate of drug-likeness (QED) is 0.526. The van der Waals surface area contributed by atoms with Crippen molar-refractivity contribution in [2.75, 3.05) is 37.6 Å². The summed E-state index contributed by atoms with van der Waals surface area (Å²) >= 11 is 0. The molecule has 1 aromatic heterocycles. The van der Waals surface area contributed by atoms with Crippen LogP contribution in [0.4, 0.5) is 5.82 Å². The number of piperazine rings is 1. The first-order valence-electron chi connectivity index (χ1n) is 12.5. The van der Waals surface area contributed by atoms with Crippen molar-refractivity contribution in [3.63, 3.8) is 0 Å². The molecule has 0 bridgehead atoms. The Bertz CT molecular complexity index is 1140. The minimum absolute atomic E-state index is 0.134. The summed E-state index contributed by atoms with van der Waals surface area (Å²) < 4.78 is 2.09. The molecule has 34 heavy (non-hydrogen) atoms. The zero-order valence-corrected chi connectivity index (χ0v) is 20.6. The number of hydrogen-bond donors (Lipinski definition) is 0. The molecule has 1 aliphatic heterocycles. The largest absolute Gasteiger partial charge is 0.354 e. The van der Waals surface area contributed by atoms with E-state index in [9.17, 15) is 4.79 Å². The highest BCUT2D eigenvalue weighted by molar-refractivity contribution is 5.96. The molecule has 0 spiro atoms. The zero-order chi connectivity index (χ0) is 23.7. The maximum absolute atomic E-state index is 13.7. The molecular formula is C28H35N5O. The van der Waals surface area contributed by atoms with Gasteiger partial charge in [0.1, 0.15) is 5.82 Å². The number of aromatic nitrogens is 2. The molecule has 1 saturated heterocycles. The van der Waals surface area contributed by atoms with Crippen molar-refractivity contribution in [2.24, 2.45) is 0 Å². The van der Waals surface area contributed by atoms with Crippen LogP contribution in [-0.2, 0) is 6.54 Å². The molecule has 2 aliphatic rings. The van der Waals surface area contributed by atoms with Gasteiger partial charge in [0.2, 0.25) is 0 Å². The van der Waals surface area contributed by atoms with Crippen molar-refractivity contribution in [3.05, 3.63) is 77.0 Å². The molecule has 3 aromatic rings. The molecule has 0 unspecified atom stereocenters. The molecule has 6 heteroatoms. The molecule has 0 N–H and O–H groups in total. The first kappa shape index (κ1) is 22.7. The third-order valence-electron chi connectivity index (χ3n) is 7.23. The first-order valence-corrected chi connectivity index (χ1v) is 12.5. The van der Waals surface area contributed by atoms with E-state index in [0.717, 1.165) is 73.9 Å². The molecule has 2 fully saturated rings. The number of carbonyl (C=O) groups is 1. The Balaban J connectivity index is 1.53. The number of hydrogen-bond acceptors (Lipinski definition) is 4. The smallest absolute Gasteiger partial charge is 0.254 e. The summed E-state index contributed by atoms with van der Waals surface area (Å²) in [4.78, 5) is 20.7. The SMILES string of the molecule is CCN1CCN(c2c(CN(C(=O)c3ccccc3C)C3CC3)c(C)nn2-c2ccccc2)CC1. The second kappa shape index (κ2) is 9.63. The molecule has 2 heterocycles. The van der Waals surface area contributed by atoms with Crippen LogP contribution in [0.5, 0.6) is 0 Å². The van der Waals surface area contributed by atoms with E-state index in [2.05, 4.69) is 57.5 Å². The van der Waals surface area contributed by atoms with Crippen molar-refractivity contribution in [3.8, 4) is 5.69 Å². The minimum Gasteiger partial charge on any atom is -0.354 e. The summed E-state index contributed by atoms with van der Waals surface area (Å²) in [6, 6.07) is 18.6. The number of carbonyl (C=O) groups excluding carboxylic acids is 1. The lowest BCUT2D eigenvalue weighted by Crippen LogP contribution is -2.47. The molecule has 1 saturated carbocycles. The number of aryl methyl sites for hydroxylation is 2. The fourth-order valence-corrected chi connectivity index (χ4v) is 4.97. The van der Waals surface area contributed by atoms with Gasteiger partial charge < -0.3 is 14.7 Å². The van der Waals surface area contributed by atoms with Crippen LogP contribution < -0.4 is 4.90 Å². The summed E-state index contributed by atoms with van der Waals surface area (Å²) in [5.74, 6) is 1.27. The molecule has 5 rings (SSSR count). The van der Waals surface area contributed by atoms with Crippen molar-refractivity contribution < 1.29 is 4.79 Å². The number of nitrogens with zero attached hydrogens (tertiary/aromatic N) is 5. The fraction of sp³-hybridized carbons (Fsp3) is 0.429. The monoisotopic (exact) mass is 457 g/mol. The lowest BCUT2D eigenvalue weighted by molar-refractivity contribution is 0.0729. The highest BCUT2D eigenvalue weighted by Gasteiger charge is 2.36. The second-order valence-electron chi connectivity index (χ2n) is 9.54. The Labute approximate surface area is 202 Å².